The summed E-state index contributed by atoms with van der Waals surface area (Å²) in [6.07, 6.45) is 1.04. The van der Waals surface area contributed by atoms with Crippen molar-refractivity contribution in [2.75, 3.05) is 6.54 Å². The molecule has 4 N–H and O–H groups in total. The monoisotopic (exact) mass is 227 g/mol. The predicted octanol–water partition coefficient (Wildman–Crippen LogP) is 0.770. The molecule has 0 unspecified atom stereocenters. The van der Waals surface area contributed by atoms with E-state index in [1.807, 2.05) is 12.3 Å². The van der Waals surface area contributed by atoms with E-state index >= 15 is 0 Å². The minimum absolute atomic E-state index is 0.564. The Morgan fingerprint density at radius 2 is 2.47 bits per heavy atom. The lowest BCUT2D eigenvalue weighted by Crippen LogP contribution is -2.41. The lowest BCUT2D eigenvalue weighted by atomic mass is 10.5. The Morgan fingerprint density at radius 3 is 3.00 bits per heavy atom. The summed E-state index contributed by atoms with van der Waals surface area (Å²) >= 11 is 1.61. The molecule has 0 spiro atoms. The van der Waals surface area contributed by atoms with Crippen LogP contribution in [0.2, 0.25) is 0 Å². The van der Waals surface area contributed by atoms with Crippen molar-refractivity contribution in [2.24, 2.45) is 10.8 Å². The Bertz CT molecular complexity index is 320. The number of aromatic nitrogens is 1. The van der Waals surface area contributed by atoms with Gasteiger partial charge in [-0.1, -0.05) is 6.92 Å². The highest BCUT2D eigenvalue weighted by Crippen LogP contribution is 2.09. The van der Waals surface area contributed by atoms with Gasteiger partial charge in [0.25, 0.3) is 0 Å². The van der Waals surface area contributed by atoms with E-state index in [2.05, 4.69) is 27.6 Å². The number of aliphatic imine (C=N–C) groups is 1. The van der Waals surface area contributed by atoms with Gasteiger partial charge in [0.15, 0.2) is 0 Å². The number of rotatable bonds is 4. The van der Waals surface area contributed by atoms with Crippen LogP contribution in [0.5, 0.6) is 0 Å². The molecule has 1 heterocycles. The summed E-state index contributed by atoms with van der Waals surface area (Å²) in [7, 11) is 0. The lowest BCUT2D eigenvalue weighted by Gasteiger charge is -2.06. The Hall–Kier alpha value is -1.14. The molecule has 0 aromatic carbocycles. The number of thiazole rings is 1. The van der Waals surface area contributed by atoms with Crippen LogP contribution in [0.3, 0.4) is 0 Å². The molecule has 1 aromatic heterocycles. The smallest absolute Gasteiger partial charge is 0.206 e. The summed E-state index contributed by atoms with van der Waals surface area (Å²) < 4.78 is 0. The standard InChI is InChI=1S/C9H17N5S/c1-3-4-11-9(14-10)12-5-8-13-7(2)6-15-8/h6H,3-5,10H2,1-2H3,(H2,11,12,14). The molecule has 0 amide bonds. The third-order valence-electron chi connectivity index (χ3n) is 1.72. The molecule has 0 atom stereocenters. The zero-order chi connectivity index (χ0) is 11.1. The van der Waals surface area contributed by atoms with E-state index < -0.39 is 0 Å². The van der Waals surface area contributed by atoms with Crippen LogP contribution in [0.15, 0.2) is 10.4 Å². The third-order valence-corrected chi connectivity index (χ3v) is 2.67. The number of nitrogens with two attached hydrogens (primary N) is 1. The molecule has 1 aromatic rings. The van der Waals surface area contributed by atoms with Gasteiger partial charge in [-0.25, -0.2) is 15.8 Å². The first-order valence-corrected chi connectivity index (χ1v) is 5.80. The van der Waals surface area contributed by atoms with Gasteiger partial charge >= 0.3 is 0 Å². The molecule has 5 nitrogen and oxygen atoms in total. The van der Waals surface area contributed by atoms with E-state index in [4.69, 9.17) is 5.84 Å². The van der Waals surface area contributed by atoms with E-state index in [0.717, 1.165) is 23.7 Å². The summed E-state index contributed by atoms with van der Waals surface area (Å²) in [6, 6.07) is 0. The highest BCUT2D eigenvalue weighted by Gasteiger charge is 1.98. The quantitative estimate of drug-likeness (QED) is 0.307. The minimum atomic E-state index is 0.564. The van der Waals surface area contributed by atoms with Gasteiger partial charge < -0.3 is 5.32 Å². The maximum Gasteiger partial charge on any atom is 0.206 e. The second-order valence-electron chi connectivity index (χ2n) is 3.12. The summed E-state index contributed by atoms with van der Waals surface area (Å²) in [6.45, 7) is 5.49. The molecule has 0 aliphatic heterocycles. The Labute approximate surface area is 93.8 Å². The molecule has 0 bridgehead atoms. The van der Waals surface area contributed by atoms with Gasteiger partial charge in [0.2, 0.25) is 5.96 Å². The van der Waals surface area contributed by atoms with Crippen molar-refractivity contribution in [1.82, 2.24) is 15.7 Å². The van der Waals surface area contributed by atoms with E-state index in [-0.39, 0.29) is 0 Å². The van der Waals surface area contributed by atoms with Crippen LogP contribution in [0.4, 0.5) is 0 Å². The van der Waals surface area contributed by atoms with Crippen molar-refractivity contribution in [3.8, 4) is 0 Å². The topological polar surface area (TPSA) is 75.3 Å². The number of hydrogen-bond acceptors (Lipinski definition) is 4. The molecule has 0 aliphatic rings. The van der Waals surface area contributed by atoms with Crippen molar-refractivity contribution in [3.63, 3.8) is 0 Å². The Morgan fingerprint density at radius 1 is 1.67 bits per heavy atom. The van der Waals surface area contributed by atoms with Gasteiger partial charge in [-0.3, -0.25) is 5.43 Å². The van der Waals surface area contributed by atoms with E-state index in [1.165, 1.54) is 0 Å². The number of hydrazine groups is 1. The molecular formula is C9H17N5S. The Balaban J connectivity index is 2.46. The van der Waals surface area contributed by atoms with Crippen molar-refractivity contribution >= 4 is 17.3 Å². The van der Waals surface area contributed by atoms with E-state index in [9.17, 15) is 0 Å². The normalized spacial score (nSPS) is 11.5. The number of aryl methyl sites for hydroxylation is 1. The van der Waals surface area contributed by atoms with Crippen LogP contribution >= 0.6 is 11.3 Å². The SMILES string of the molecule is CCCNC(=NCc1nc(C)cs1)NN. The molecule has 0 aliphatic carbocycles. The first kappa shape index (κ1) is 11.9. The van der Waals surface area contributed by atoms with Crippen LogP contribution < -0.4 is 16.6 Å². The van der Waals surface area contributed by atoms with Crippen LogP contribution in [-0.2, 0) is 6.54 Å². The summed E-state index contributed by atoms with van der Waals surface area (Å²) in [5.74, 6) is 5.94. The molecule has 84 valence electrons. The van der Waals surface area contributed by atoms with Crippen molar-refractivity contribution < 1.29 is 0 Å². The average Bonchev–Trinajstić information content (AvgIpc) is 2.65. The van der Waals surface area contributed by atoms with Gasteiger partial charge in [-0.05, 0) is 13.3 Å². The van der Waals surface area contributed by atoms with Gasteiger partial charge in [0.05, 0.1) is 6.54 Å². The molecule has 0 saturated carbocycles. The number of nitrogens with one attached hydrogen (secondary N) is 2. The summed E-state index contributed by atoms with van der Waals surface area (Å²) in [5.41, 5.74) is 3.57. The minimum Gasteiger partial charge on any atom is -0.355 e. The number of hydrogen-bond donors (Lipinski definition) is 3. The highest BCUT2D eigenvalue weighted by atomic mass is 32.1. The lowest BCUT2D eigenvalue weighted by molar-refractivity contribution is 0.789. The van der Waals surface area contributed by atoms with Crippen LogP contribution in [0.25, 0.3) is 0 Å². The second kappa shape index (κ2) is 6.36. The van der Waals surface area contributed by atoms with Crippen molar-refractivity contribution in [2.45, 2.75) is 26.8 Å². The number of guanidine groups is 1. The molecule has 0 radical (unpaired) electrons. The molecular weight excluding hydrogens is 210 g/mol. The molecule has 6 heteroatoms. The molecule has 1 rings (SSSR count). The van der Waals surface area contributed by atoms with Crippen molar-refractivity contribution in [3.05, 3.63) is 16.1 Å². The zero-order valence-electron chi connectivity index (χ0n) is 9.08. The van der Waals surface area contributed by atoms with E-state index in [1.54, 1.807) is 11.3 Å². The van der Waals surface area contributed by atoms with Gasteiger partial charge in [-0.15, -0.1) is 11.3 Å². The summed E-state index contributed by atoms with van der Waals surface area (Å²) in [4.78, 5) is 8.59. The number of nitrogens with zero attached hydrogens (tertiary/aromatic N) is 2. The highest BCUT2D eigenvalue weighted by molar-refractivity contribution is 7.09. The molecule has 0 saturated heterocycles. The predicted molar refractivity (Wildman–Crippen MR) is 63.6 cm³/mol. The van der Waals surface area contributed by atoms with Crippen molar-refractivity contribution in [1.29, 1.82) is 0 Å². The maximum absolute atomic E-state index is 5.32. The van der Waals surface area contributed by atoms with Gasteiger partial charge in [0.1, 0.15) is 5.01 Å². The zero-order valence-corrected chi connectivity index (χ0v) is 9.90. The maximum atomic E-state index is 5.32. The van der Waals surface area contributed by atoms with Crippen LogP contribution in [0.1, 0.15) is 24.0 Å². The third kappa shape index (κ3) is 4.26. The van der Waals surface area contributed by atoms with Gasteiger partial charge in [-0.2, -0.15) is 0 Å². The molecule has 0 fully saturated rings. The first-order chi connectivity index (χ1) is 7.26. The van der Waals surface area contributed by atoms with Crippen LogP contribution in [0, 0.1) is 6.92 Å². The van der Waals surface area contributed by atoms with E-state index in [0.29, 0.717) is 12.5 Å². The first-order valence-electron chi connectivity index (χ1n) is 4.92. The summed E-state index contributed by atoms with van der Waals surface area (Å²) in [5, 5.41) is 6.10. The van der Waals surface area contributed by atoms with Gasteiger partial charge in [0, 0.05) is 17.6 Å². The fourth-order valence-electron chi connectivity index (χ4n) is 1.02. The largest absolute Gasteiger partial charge is 0.355 e. The fraction of sp³-hybridized carbons (Fsp3) is 0.556. The fourth-order valence-corrected chi connectivity index (χ4v) is 1.71. The molecule has 15 heavy (non-hydrogen) atoms. The average molecular weight is 227 g/mol. The second-order valence-corrected chi connectivity index (χ2v) is 4.06. The Kier molecular flexibility index (Phi) is 5.06. The van der Waals surface area contributed by atoms with Crippen LogP contribution in [-0.4, -0.2) is 17.5 Å².